The van der Waals surface area contributed by atoms with Crippen molar-refractivity contribution >= 4 is 17.6 Å². The standard InChI is InChI=1S/C11H12FN5O2/c1-15-6-2-7(5-16(4-6)11(15)19)17-9(12)3-8(14-17)10(13)18/h2-3,6H,4-5H2,1H3,(H2,13,18). The molecule has 1 fully saturated rings. The largest absolute Gasteiger partial charge is 0.364 e. The van der Waals surface area contributed by atoms with E-state index < -0.39 is 11.9 Å². The number of primary amides is 1. The Labute approximate surface area is 108 Å². The van der Waals surface area contributed by atoms with Crippen LogP contribution in [-0.4, -0.2) is 57.7 Å². The van der Waals surface area contributed by atoms with Crippen LogP contribution < -0.4 is 5.73 Å². The number of nitrogens with zero attached hydrogens (tertiary/aromatic N) is 4. The lowest BCUT2D eigenvalue weighted by Gasteiger charge is -2.21. The van der Waals surface area contributed by atoms with Crippen molar-refractivity contribution in [1.29, 1.82) is 0 Å². The predicted octanol–water partition coefficient (Wildman–Crippen LogP) is -0.288. The van der Waals surface area contributed by atoms with Crippen LogP contribution in [0, 0.1) is 5.95 Å². The molecule has 1 saturated heterocycles. The second-order valence-corrected chi connectivity index (χ2v) is 4.63. The molecule has 100 valence electrons. The van der Waals surface area contributed by atoms with Crippen LogP contribution in [0.2, 0.25) is 0 Å². The van der Waals surface area contributed by atoms with E-state index >= 15 is 0 Å². The number of rotatable bonds is 2. The van der Waals surface area contributed by atoms with Gasteiger partial charge in [0.15, 0.2) is 5.69 Å². The number of likely N-dealkylation sites (N-methyl/N-ethyl adjacent to an activating group) is 1. The molecule has 2 N–H and O–H groups in total. The monoisotopic (exact) mass is 265 g/mol. The van der Waals surface area contributed by atoms with Gasteiger partial charge in [0.05, 0.1) is 18.3 Å². The molecule has 1 aromatic heterocycles. The normalized spacial score (nSPS) is 21.9. The van der Waals surface area contributed by atoms with Crippen molar-refractivity contribution < 1.29 is 14.0 Å². The summed E-state index contributed by atoms with van der Waals surface area (Å²) >= 11 is 0. The summed E-state index contributed by atoms with van der Waals surface area (Å²) in [6.07, 6.45) is 1.78. The lowest BCUT2D eigenvalue weighted by Crippen LogP contribution is -2.32. The maximum atomic E-state index is 13.8. The highest BCUT2D eigenvalue weighted by molar-refractivity contribution is 5.90. The molecule has 2 aliphatic rings. The van der Waals surface area contributed by atoms with Crippen molar-refractivity contribution in [2.24, 2.45) is 5.73 Å². The van der Waals surface area contributed by atoms with Crippen LogP contribution in [0.15, 0.2) is 12.1 Å². The minimum Gasteiger partial charge on any atom is -0.364 e. The zero-order chi connectivity index (χ0) is 13.7. The van der Waals surface area contributed by atoms with Gasteiger partial charge in [-0.3, -0.25) is 4.79 Å². The number of urea groups is 1. The first-order chi connectivity index (χ1) is 8.97. The van der Waals surface area contributed by atoms with Crippen molar-refractivity contribution in [3.8, 4) is 0 Å². The fourth-order valence-corrected chi connectivity index (χ4v) is 2.38. The zero-order valence-corrected chi connectivity index (χ0v) is 10.2. The Morgan fingerprint density at radius 1 is 1.58 bits per heavy atom. The lowest BCUT2D eigenvalue weighted by molar-refractivity contribution is 0.0995. The maximum absolute atomic E-state index is 13.8. The van der Waals surface area contributed by atoms with Gasteiger partial charge in [0.2, 0.25) is 5.95 Å². The molecule has 0 spiro atoms. The van der Waals surface area contributed by atoms with Gasteiger partial charge in [0, 0.05) is 19.7 Å². The van der Waals surface area contributed by atoms with Crippen LogP contribution in [0.3, 0.4) is 0 Å². The first kappa shape index (κ1) is 11.7. The molecule has 0 radical (unpaired) electrons. The highest BCUT2D eigenvalue weighted by Crippen LogP contribution is 2.25. The van der Waals surface area contributed by atoms with Gasteiger partial charge in [0.1, 0.15) is 0 Å². The van der Waals surface area contributed by atoms with E-state index in [1.807, 2.05) is 0 Å². The average molecular weight is 265 g/mol. The van der Waals surface area contributed by atoms with E-state index in [1.165, 1.54) is 0 Å². The Balaban J connectivity index is 1.98. The van der Waals surface area contributed by atoms with Gasteiger partial charge in [-0.2, -0.15) is 9.49 Å². The van der Waals surface area contributed by atoms with E-state index in [0.717, 1.165) is 10.7 Å². The number of halogens is 1. The SMILES string of the molecule is CN1C(=O)N2CC(n3nc(C(N)=O)cc3F)=CC1C2. The van der Waals surface area contributed by atoms with Crippen LogP contribution in [0.25, 0.3) is 5.70 Å². The molecule has 8 heteroatoms. The second kappa shape index (κ2) is 3.81. The topological polar surface area (TPSA) is 84.5 Å². The Morgan fingerprint density at radius 3 is 2.89 bits per heavy atom. The number of hydrogen-bond acceptors (Lipinski definition) is 3. The molecule has 19 heavy (non-hydrogen) atoms. The summed E-state index contributed by atoms with van der Waals surface area (Å²) in [5.74, 6) is -1.46. The third-order valence-corrected chi connectivity index (χ3v) is 3.41. The molecular weight excluding hydrogens is 253 g/mol. The molecule has 1 aromatic rings. The minimum atomic E-state index is -0.787. The Hall–Kier alpha value is -2.38. The number of aromatic nitrogens is 2. The van der Waals surface area contributed by atoms with Crippen LogP contribution in [0.1, 0.15) is 10.5 Å². The fraction of sp³-hybridized carbons (Fsp3) is 0.364. The maximum Gasteiger partial charge on any atom is 0.320 e. The van der Waals surface area contributed by atoms with Gasteiger partial charge in [0.25, 0.3) is 5.91 Å². The molecule has 7 nitrogen and oxygen atoms in total. The van der Waals surface area contributed by atoms with Crippen LogP contribution in [0.5, 0.6) is 0 Å². The van der Waals surface area contributed by atoms with Gasteiger partial charge < -0.3 is 15.5 Å². The summed E-state index contributed by atoms with van der Waals surface area (Å²) in [6, 6.07) is 0.788. The average Bonchev–Trinajstić information content (AvgIpc) is 2.85. The summed E-state index contributed by atoms with van der Waals surface area (Å²) in [6.45, 7) is 0.848. The van der Waals surface area contributed by atoms with Crippen molar-refractivity contribution in [3.05, 3.63) is 23.8 Å². The molecule has 1 unspecified atom stereocenters. The fourth-order valence-electron chi connectivity index (χ4n) is 2.38. The summed E-state index contributed by atoms with van der Waals surface area (Å²) in [4.78, 5) is 26.0. The molecule has 1 atom stereocenters. The molecule has 3 heterocycles. The second-order valence-electron chi connectivity index (χ2n) is 4.63. The van der Waals surface area contributed by atoms with Crippen molar-refractivity contribution in [3.63, 3.8) is 0 Å². The van der Waals surface area contributed by atoms with Gasteiger partial charge in [-0.05, 0) is 6.08 Å². The first-order valence-electron chi connectivity index (χ1n) is 5.75. The van der Waals surface area contributed by atoms with Crippen LogP contribution >= 0.6 is 0 Å². The van der Waals surface area contributed by atoms with E-state index in [0.29, 0.717) is 12.2 Å². The Bertz CT molecular complexity index is 608. The van der Waals surface area contributed by atoms with Gasteiger partial charge >= 0.3 is 6.03 Å². The van der Waals surface area contributed by atoms with Crippen LogP contribution in [0.4, 0.5) is 9.18 Å². The van der Waals surface area contributed by atoms with Crippen molar-refractivity contribution in [1.82, 2.24) is 19.6 Å². The van der Waals surface area contributed by atoms with Gasteiger partial charge in [-0.25, -0.2) is 9.48 Å². The molecule has 0 saturated carbocycles. The first-order valence-corrected chi connectivity index (χ1v) is 5.75. The number of carbonyl (C=O) groups excluding carboxylic acids is 2. The van der Waals surface area contributed by atoms with Crippen LogP contribution in [-0.2, 0) is 0 Å². The summed E-state index contributed by atoms with van der Waals surface area (Å²) in [5.41, 5.74) is 5.46. The molecule has 0 aromatic carbocycles. The molecule has 2 bridgehead atoms. The van der Waals surface area contributed by atoms with Crippen molar-refractivity contribution in [2.45, 2.75) is 6.04 Å². The zero-order valence-electron chi connectivity index (χ0n) is 10.2. The van der Waals surface area contributed by atoms with E-state index in [4.69, 9.17) is 5.73 Å². The Morgan fingerprint density at radius 2 is 2.32 bits per heavy atom. The molecule has 3 amide bonds. The highest BCUT2D eigenvalue weighted by Gasteiger charge is 2.38. The van der Waals surface area contributed by atoms with E-state index in [2.05, 4.69) is 5.10 Å². The summed E-state index contributed by atoms with van der Waals surface area (Å²) < 4.78 is 14.8. The number of fused-ring (bicyclic) bond motifs is 2. The predicted molar refractivity (Wildman–Crippen MR) is 63.5 cm³/mol. The minimum absolute atomic E-state index is 0.0982. The molecule has 3 rings (SSSR count). The third kappa shape index (κ3) is 1.67. The number of hydrogen-bond donors (Lipinski definition) is 1. The molecule has 2 aliphatic heterocycles. The quantitative estimate of drug-likeness (QED) is 0.797. The number of carbonyl (C=O) groups is 2. The molecular formula is C11H12FN5O2. The van der Waals surface area contributed by atoms with E-state index in [1.54, 1.807) is 22.9 Å². The van der Waals surface area contributed by atoms with Gasteiger partial charge in [-0.1, -0.05) is 0 Å². The van der Waals surface area contributed by atoms with Crippen molar-refractivity contribution in [2.75, 3.05) is 20.1 Å². The third-order valence-electron chi connectivity index (χ3n) is 3.41. The number of amides is 3. The van der Waals surface area contributed by atoms with Gasteiger partial charge in [-0.15, -0.1) is 0 Å². The number of nitrogens with two attached hydrogens (primary N) is 1. The van der Waals surface area contributed by atoms with E-state index in [-0.39, 0.29) is 24.3 Å². The van der Waals surface area contributed by atoms with E-state index in [9.17, 15) is 14.0 Å². The lowest BCUT2D eigenvalue weighted by atomic mass is 10.2. The Kier molecular flexibility index (Phi) is 2.34. The smallest absolute Gasteiger partial charge is 0.320 e. The summed E-state index contributed by atoms with van der Waals surface area (Å²) in [5, 5.41) is 3.82. The summed E-state index contributed by atoms with van der Waals surface area (Å²) in [7, 11) is 1.70. The highest BCUT2D eigenvalue weighted by atomic mass is 19.1. The molecule has 0 aliphatic carbocycles.